The molecule has 2 heterocycles. The molecule has 0 fully saturated rings. The summed E-state index contributed by atoms with van der Waals surface area (Å²) < 4.78 is 0. The first-order valence-corrected chi connectivity index (χ1v) is 6.22. The van der Waals surface area contributed by atoms with Crippen molar-refractivity contribution in [3.8, 4) is 6.07 Å². The van der Waals surface area contributed by atoms with E-state index in [0.29, 0.717) is 16.6 Å². The van der Waals surface area contributed by atoms with Gasteiger partial charge in [-0.25, -0.2) is 4.98 Å². The second-order valence-corrected chi connectivity index (χ2v) is 5.23. The largest absolute Gasteiger partial charge is 0.302 e. The predicted molar refractivity (Wildman–Crippen MR) is 68.1 cm³/mol. The molecule has 0 N–H and O–H groups in total. The van der Waals surface area contributed by atoms with Crippen molar-refractivity contribution in [1.29, 1.82) is 5.26 Å². The molecule has 0 aliphatic carbocycles. The van der Waals surface area contributed by atoms with E-state index in [4.69, 9.17) is 11.6 Å². The molecular formula is C13H16ClN3. The van der Waals surface area contributed by atoms with Gasteiger partial charge < -0.3 is 4.90 Å². The van der Waals surface area contributed by atoms with Crippen LogP contribution < -0.4 is 0 Å². The first-order chi connectivity index (χ1) is 8.04. The van der Waals surface area contributed by atoms with Crippen molar-refractivity contribution in [1.82, 2.24) is 9.88 Å². The molecule has 3 nitrogen and oxygen atoms in total. The summed E-state index contributed by atoms with van der Waals surface area (Å²) in [6.07, 6.45) is 0.914. The van der Waals surface area contributed by atoms with Gasteiger partial charge in [-0.05, 0) is 24.1 Å². The topological polar surface area (TPSA) is 39.9 Å². The third-order valence-electron chi connectivity index (χ3n) is 3.23. The van der Waals surface area contributed by atoms with Crippen LogP contribution in [0.4, 0.5) is 0 Å². The van der Waals surface area contributed by atoms with Crippen LogP contribution in [0.1, 0.15) is 42.1 Å². The molecule has 0 bridgehead atoms. The fourth-order valence-corrected chi connectivity index (χ4v) is 2.68. The van der Waals surface area contributed by atoms with Crippen LogP contribution in [0.5, 0.6) is 0 Å². The molecule has 17 heavy (non-hydrogen) atoms. The van der Waals surface area contributed by atoms with Gasteiger partial charge in [0.05, 0.1) is 5.56 Å². The Balaban J connectivity index is 2.67. The van der Waals surface area contributed by atoms with E-state index in [-0.39, 0.29) is 0 Å². The SMILES string of the molecule is CC(C)c1c(C#N)c(Cl)nc2c1CN(C)CC2. The van der Waals surface area contributed by atoms with Crippen LogP contribution in [-0.4, -0.2) is 23.5 Å². The second kappa shape index (κ2) is 4.64. The summed E-state index contributed by atoms with van der Waals surface area (Å²) in [5.41, 5.74) is 3.90. The average molecular weight is 250 g/mol. The van der Waals surface area contributed by atoms with Crippen molar-refractivity contribution in [2.24, 2.45) is 0 Å². The van der Waals surface area contributed by atoms with Gasteiger partial charge in [0.2, 0.25) is 0 Å². The van der Waals surface area contributed by atoms with Crippen LogP contribution in [0.2, 0.25) is 5.15 Å². The third-order valence-corrected chi connectivity index (χ3v) is 3.50. The van der Waals surface area contributed by atoms with E-state index >= 15 is 0 Å². The summed E-state index contributed by atoms with van der Waals surface area (Å²) in [4.78, 5) is 6.63. The van der Waals surface area contributed by atoms with E-state index in [1.807, 2.05) is 0 Å². The first-order valence-electron chi connectivity index (χ1n) is 5.84. The number of halogens is 1. The lowest BCUT2D eigenvalue weighted by Crippen LogP contribution is -2.29. The maximum absolute atomic E-state index is 9.23. The van der Waals surface area contributed by atoms with E-state index in [2.05, 4.69) is 36.8 Å². The fraction of sp³-hybridized carbons (Fsp3) is 0.538. The van der Waals surface area contributed by atoms with Crippen molar-refractivity contribution >= 4 is 11.6 Å². The number of rotatable bonds is 1. The molecule has 0 saturated carbocycles. The monoisotopic (exact) mass is 249 g/mol. The summed E-state index contributed by atoms with van der Waals surface area (Å²) in [5.74, 6) is 0.297. The second-order valence-electron chi connectivity index (χ2n) is 4.87. The summed E-state index contributed by atoms with van der Waals surface area (Å²) in [7, 11) is 2.09. The average Bonchev–Trinajstić information content (AvgIpc) is 2.27. The van der Waals surface area contributed by atoms with Gasteiger partial charge in [0, 0.05) is 25.2 Å². The number of hydrogen-bond acceptors (Lipinski definition) is 3. The molecule has 0 unspecified atom stereocenters. The lowest BCUT2D eigenvalue weighted by Gasteiger charge is -2.28. The Morgan fingerprint density at radius 3 is 2.76 bits per heavy atom. The third kappa shape index (κ3) is 2.15. The minimum absolute atomic E-state index is 0.297. The number of fused-ring (bicyclic) bond motifs is 1. The molecule has 0 atom stereocenters. The summed E-state index contributed by atoms with van der Waals surface area (Å²) in [5, 5.41) is 9.59. The van der Waals surface area contributed by atoms with E-state index in [1.165, 1.54) is 5.56 Å². The van der Waals surface area contributed by atoms with Gasteiger partial charge in [-0.3, -0.25) is 0 Å². The van der Waals surface area contributed by atoms with E-state index < -0.39 is 0 Å². The van der Waals surface area contributed by atoms with E-state index in [1.54, 1.807) is 0 Å². The zero-order chi connectivity index (χ0) is 12.6. The van der Waals surface area contributed by atoms with Crippen LogP contribution in [0.3, 0.4) is 0 Å². The molecule has 0 radical (unpaired) electrons. The van der Waals surface area contributed by atoms with Gasteiger partial charge in [-0.15, -0.1) is 0 Å². The molecule has 1 aromatic rings. The molecule has 0 spiro atoms. The molecule has 4 heteroatoms. The van der Waals surface area contributed by atoms with Gasteiger partial charge in [0.1, 0.15) is 11.2 Å². The highest BCUT2D eigenvalue weighted by molar-refractivity contribution is 6.30. The van der Waals surface area contributed by atoms with Crippen LogP contribution in [0.15, 0.2) is 0 Å². The summed E-state index contributed by atoms with van der Waals surface area (Å²) in [6.45, 7) is 6.06. The molecule has 0 aromatic carbocycles. The molecule has 2 rings (SSSR count). The highest BCUT2D eigenvalue weighted by Gasteiger charge is 2.24. The normalized spacial score (nSPS) is 15.8. The summed E-state index contributed by atoms with van der Waals surface area (Å²) >= 11 is 6.10. The van der Waals surface area contributed by atoms with Crippen LogP contribution in [0, 0.1) is 11.3 Å². The maximum atomic E-state index is 9.23. The lowest BCUT2D eigenvalue weighted by atomic mass is 9.90. The Morgan fingerprint density at radius 1 is 1.47 bits per heavy atom. The number of nitriles is 1. The Hall–Kier alpha value is -1.11. The zero-order valence-corrected chi connectivity index (χ0v) is 11.2. The highest BCUT2D eigenvalue weighted by atomic mass is 35.5. The first kappa shape index (κ1) is 12.3. The van der Waals surface area contributed by atoms with Crippen molar-refractivity contribution < 1.29 is 0 Å². The quantitative estimate of drug-likeness (QED) is 0.719. The van der Waals surface area contributed by atoms with Gasteiger partial charge in [0.15, 0.2) is 0 Å². The molecule has 90 valence electrons. The fourth-order valence-electron chi connectivity index (χ4n) is 2.43. The molecular weight excluding hydrogens is 234 g/mol. The minimum Gasteiger partial charge on any atom is -0.302 e. The highest BCUT2D eigenvalue weighted by Crippen LogP contribution is 2.32. The van der Waals surface area contributed by atoms with Gasteiger partial charge in [-0.1, -0.05) is 25.4 Å². The Bertz CT molecular complexity index is 488. The lowest BCUT2D eigenvalue weighted by molar-refractivity contribution is 0.308. The Labute approximate surface area is 107 Å². The van der Waals surface area contributed by atoms with Crippen LogP contribution in [-0.2, 0) is 13.0 Å². The number of hydrogen-bond donors (Lipinski definition) is 0. The van der Waals surface area contributed by atoms with Gasteiger partial charge in [-0.2, -0.15) is 5.26 Å². The van der Waals surface area contributed by atoms with Crippen molar-refractivity contribution in [3.05, 3.63) is 27.5 Å². The molecule has 0 saturated heterocycles. The van der Waals surface area contributed by atoms with Crippen molar-refractivity contribution in [3.63, 3.8) is 0 Å². The van der Waals surface area contributed by atoms with Crippen LogP contribution in [0.25, 0.3) is 0 Å². The standard InChI is InChI=1S/C13H16ClN3/c1-8(2)12-9(6-15)13(14)16-11-4-5-17(3)7-10(11)12/h8H,4-5,7H2,1-3H3. The number of nitrogens with zero attached hydrogens (tertiary/aromatic N) is 3. The Kier molecular flexibility index (Phi) is 3.37. The Morgan fingerprint density at radius 2 is 2.18 bits per heavy atom. The molecule has 1 aliphatic heterocycles. The van der Waals surface area contributed by atoms with Crippen molar-refractivity contribution in [2.45, 2.75) is 32.7 Å². The van der Waals surface area contributed by atoms with E-state index in [9.17, 15) is 5.26 Å². The maximum Gasteiger partial charge on any atom is 0.147 e. The van der Waals surface area contributed by atoms with E-state index in [0.717, 1.165) is 30.8 Å². The van der Waals surface area contributed by atoms with Crippen LogP contribution >= 0.6 is 11.6 Å². The summed E-state index contributed by atoms with van der Waals surface area (Å²) in [6, 6.07) is 2.20. The zero-order valence-electron chi connectivity index (χ0n) is 10.4. The molecule has 1 aromatic heterocycles. The predicted octanol–water partition coefficient (Wildman–Crippen LogP) is 2.72. The minimum atomic E-state index is 0.297. The van der Waals surface area contributed by atoms with Gasteiger partial charge >= 0.3 is 0 Å². The van der Waals surface area contributed by atoms with Gasteiger partial charge in [0.25, 0.3) is 0 Å². The number of pyridine rings is 1. The smallest absolute Gasteiger partial charge is 0.147 e. The molecule has 0 amide bonds. The molecule has 1 aliphatic rings. The number of likely N-dealkylation sites (N-methyl/N-ethyl adjacent to an activating group) is 1. The van der Waals surface area contributed by atoms with Crippen molar-refractivity contribution in [2.75, 3.05) is 13.6 Å². The number of aromatic nitrogens is 1.